The predicted octanol–water partition coefficient (Wildman–Crippen LogP) is 4.98. The summed E-state index contributed by atoms with van der Waals surface area (Å²) in [7, 11) is 2.20. The van der Waals surface area contributed by atoms with Gasteiger partial charge in [-0.25, -0.2) is 0 Å². The highest BCUT2D eigenvalue weighted by Crippen LogP contribution is 2.58. The van der Waals surface area contributed by atoms with Crippen LogP contribution in [0.2, 0.25) is 0 Å². The van der Waals surface area contributed by atoms with Crippen LogP contribution in [0.3, 0.4) is 0 Å². The van der Waals surface area contributed by atoms with Gasteiger partial charge in [0.05, 0.1) is 0 Å². The van der Waals surface area contributed by atoms with Gasteiger partial charge in [-0.3, -0.25) is 0 Å². The minimum atomic E-state index is 0.567. The molecule has 1 nitrogen and oxygen atoms in total. The molecule has 0 spiro atoms. The molecule has 1 aromatic rings. The van der Waals surface area contributed by atoms with Crippen molar-refractivity contribution in [3.8, 4) is 0 Å². The van der Waals surface area contributed by atoms with Gasteiger partial charge in [0.2, 0.25) is 0 Å². The maximum Gasteiger partial charge on any atom is 0.0155 e. The van der Waals surface area contributed by atoms with E-state index in [1.165, 1.54) is 38.5 Å². The highest BCUT2D eigenvalue weighted by atomic mass is 14.9. The molecule has 1 aromatic carbocycles. The van der Waals surface area contributed by atoms with E-state index >= 15 is 0 Å². The van der Waals surface area contributed by atoms with E-state index in [0.29, 0.717) is 11.5 Å². The van der Waals surface area contributed by atoms with E-state index < -0.39 is 0 Å². The van der Waals surface area contributed by atoms with E-state index in [1.54, 1.807) is 5.56 Å². The molecule has 3 atom stereocenters. The number of benzene rings is 1. The molecule has 0 bridgehead atoms. The van der Waals surface area contributed by atoms with Gasteiger partial charge in [0.25, 0.3) is 0 Å². The van der Waals surface area contributed by atoms with Gasteiger partial charge >= 0.3 is 0 Å². The van der Waals surface area contributed by atoms with Gasteiger partial charge in [-0.2, -0.15) is 0 Å². The summed E-state index contributed by atoms with van der Waals surface area (Å²) in [4.78, 5) is 0. The monoisotopic (exact) mass is 285 g/mol. The van der Waals surface area contributed by atoms with Crippen molar-refractivity contribution in [1.82, 2.24) is 5.32 Å². The molecule has 2 fully saturated rings. The van der Waals surface area contributed by atoms with Gasteiger partial charge < -0.3 is 5.32 Å². The number of hydrogen-bond acceptors (Lipinski definition) is 1. The summed E-state index contributed by atoms with van der Waals surface area (Å²) >= 11 is 0. The lowest BCUT2D eigenvalue weighted by molar-refractivity contribution is 0.143. The summed E-state index contributed by atoms with van der Waals surface area (Å²) in [6.45, 7) is 4.79. The summed E-state index contributed by atoms with van der Waals surface area (Å²) < 4.78 is 0. The van der Waals surface area contributed by atoms with Crippen LogP contribution in [0.4, 0.5) is 0 Å². The Kier molecular flexibility index (Phi) is 4.40. The number of nitrogens with one attached hydrogen (secondary N) is 1. The summed E-state index contributed by atoms with van der Waals surface area (Å²) in [5, 5.41) is 3.75. The molecular weight excluding hydrogens is 254 g/mol. The Balaban J connectivity index is 1.76. The zero-order valence-electron chi connectivity index (χ0n) is 13.9. The second-order valence-electron chi connectivity index (χ2n) is 7.85. The Morgan fingerprint density at radius 3 is 2.38 bits per heavy atom. The maximum absolute atomic E-state index is 3.75. The second-order valence-corrected chi connectivity index (χ2v) is 7.85. The van der Waals surface area contributed by atoms with Crippen molar-refractivity contribution in [2.75, 3.05) is 7.05 Å². The molecule has 2 aliphatic rings. The Labute approximate surface area is 130 Å². The first kappa shape index (κ1) is 15.1. The van der Waals surface area contributed by atoms with Crippen LogP contribution in [0.25, 0.3) is 0 Å². The predicted molar refractivity (Wildman–Crippen MR) is 90.5 cm³/mol. The van der Waals surface area contributed by atoms with Crippen molar-refractivity contribution in [1.29, 1.82) is 0 Å². The molecule has 2 saturated carbocycles. The summed E-state index contributed by atoms with van der Waals surface area (Å²) in [5.41, 5.74) is 2.12. The van der Waals surface area contributed by atoms with Crippen LogP contribution in [-0.2, 0) is 0 Å². The smallest absolute Gasteiger partial charge is 0.0155 e. The normalized spacial score (nSPS) is 28.8. The van der Waals surface area contributed by atoms with Crippen LogP contribution in [0.15, 0.2) is 30.3 Å². The van der Waals surface area contributed by atoms with E-state index in [-0.39, 0.29) is 0 Å². The third-order valence-corrected chi connectivity index (χ3v) is 5.88. The Morgan fingerprint density at radius 2 is 1.81 bits per heavy atom. The first-order valence-electron chi connectivity index (χ1n) is 8.88. The van der Waals surface area contributed by atoms with Crippen LogP contribution in [0.1, 0.15) is 63.9 Å². The second kappa shape index (κ2) is 6.12. The highest BCUT2D eigenvalue weighted by molar-refractivity contribution is 5.27. The lowest BCUT2D eigenvalue weighted by atomic mass is 9.70. The van der Waals surface area contributed by atoms with Crippen molar-refractivity contribution >= 4 is 0 Å². The van der Waals surface area contributed by atoms with Gasteiger partial charge in [0.15, 0.2) is 0 Å². The zero-order valence-corrected chi connectivity index (χ0v) is 13.9. The average molecular weight is 285 g/mol. The van der Waals surface area contributed by atoms with E-state index in [4.69, 9.17) is 0 Å². The first-order chi connectivity index (χ1) is 10.2. The molecule has 116 valence electrons. The Hall–Kier alpha value is -0.820. The van der Waals surface area contributed by atoms with Gasteiger partial charge in [-0.15, -0.1) is 0 Å². The topological polar surface area (TPSA) is 12.0 Å². The molecule has 1 heteroatoms. The fourth-order valence-corrected chi connectivity index (χ4v) is 5.18. The van der Waals surface area contributed by atoms with Crippen LogP contribution in [0.5, 0.6) is 0 Å². The standard InChI is InChI=1S/C20H31N/c1-15(2)14-20(11-7-8-12-20)19(21-3)18-13-17(18)16-9-5-4-6-10-16/h4-6,9-10,15,17-19,21H,7-8,11-14H2,1-3H3. The van der Waals surface area contributed by atoms with Crippen LogP contribution < -0.4 is 5.32 Å². The first-order valence-corrected chi connectivity index (χ1v) is 8.88. The molecular formula is C20H31N. The van der Waals surface area contributed by atoms with Gasteiger partial charge in [0.1, 0.15) is 0 Å². The van der Waals surface area contributed by atoms with Crippen LogP contribution in [0, 0.1) is 17.3 Å². The molecule has 1 N–H and O–H groups in total. The molecule has 2 aliphatic carbocycles. The Bertz CT molecular complexity index is 444. The molecule has 3 rings (SSSR count). The Morgan fingerprint density at radius 1 is 1.14 bits per heavy atom. The third kappa shape index (κ3) is 3.04. The number of hydrogen-bond donors (Lipinski definition) is 1. The van der Waals surface area contributed by atoms with E-state index in [1.807, 2.05) is 0 Å². The van der Waals surface area contributed by atoms with Gasteiger partial charge in [0, 0.05) is 6.04 Å². The molecule has 21 heavy (non-hydrogen) atoms. The SMILES string of the molecule is CNC(C1CC1c1ccccc1)C1(CC(C)C)CCCC1. The highest BCUT2D eigenvalue weighted by Gasteiger charge is 2.52. The maximum atomic E-state index is 3.75. The van der Waals surface area contributed by atoms with Gasteiger partial charge in [-0.05, 0) is 61.5 Å². The third-order valence-electron chi connectivity index (χ3n) is 5.88. The van der Waals surface area contributed by atoms with Crippen molar-refractivity contribution in [2.45, 2.75) is 64.3 Å². The fraction of sp³-hybridized carbons (Fsp3) is 0.700. The van der Waals surface area contributed by atoms with E-state index in [2.05, 4.69) is 56.5 Å². The van der Waals surface area contributed by atoms with E-state index in [9.17, 15) is 0 Å². The minimum absolute atomic E-state index is 0.567. The summed E-state index contributed by atoms with van der Waals surface area (Å²) in [6, 6.07) is 11.9. The lowest BCUT2D eigenvalue weighted by Crippen LogP contribution is -2.45. The minimum Gasteiger partial charge on any atom is -0.316 e. The molecule has 0 radical (unpaired) electrons. The largest absolute Gasteiger partial charge is 0.316 e. The van der Waals surface area contributed by atoms with Crippen LogP contribution in [-0.4, -0.2) is 13.1 Å². The molecule has 0 aliphatic heterocycles. The molecule has 0 aromatic heterocycles. The fourth-order valence-electron chi connectivity index (χ4n) is 5.18. The number of rotatable bonds is 6. The lowest BCUT2D eigenvalue weighted by Gasteiger charge is -2.40. The summed E-state index contributed by atoms with van der Waals surface area (Å²) in [5.74, 6) is 2.47. The van der Waals surface area contributed by atoms with Crippen molar-refractivity contribution in [3.05, 3.63) is 35.9 Å². The van der Waals surface area contributed by atoms with Crippen molar-refractivity contribution in [2.24, 2.45) is 17.3 Å². The quantitative estimate of drug-likeness (QED) is 0.777. The average Bonchev–Trinajstić information content (AvgIpc) is 3.12. The molecule has 0 heterocycles. The molecule has 3 unspecified atom stereocenters. The van der Waals surface area contributed by atoms with Crippen molar-refractivity contribution < 1.29 is 0 Å². The molecule has 0 amide bonds. The van der Waals surface area contributed by atoms with Gasteiger partial charge in [-0.1, -0.05) is 57.0 Å². The van der Waals surface area contributed by atoms with Crippen LogP contribution >= 0.6 is 0 Å². The molecule has 0 saturated heterocycles. The van der Waals surface area contributed by atoms with Crippen molar-refractivity contribution in [3.63, 3.8) is 0 Å². The van der Waals surface area contributed by atoms with E-state index in [0.717, 1.165) is 17.8 Å². The zero-order chi connectivity index (χ0) is 14.9. The summed E-state index contributed by atoms with van der Waals surface area (Å²) in [6.07, 6.45) is 8.54.